The van der Waals surface area contributed by atoms with E-state index in [9.17, 15) is 9.90 Å². The molecule has 0 spiro atoms. The van der Waals surface area contributed by atoms with Crippen molar-refractivity contribution < 1.29 is 15.0 Å². The van der Waals surface area contributed by atoms with Gasteiger partial charge in [0.1, 0.15) is 0 Å². The van der Waals surface area contributed by atoms with Gasteiger partial charge in [0.05, 0.1) is 22.5 Å². The minimum Gasteiger partial charge on any atom is -0.478 e. The summed E-state index contributed by atoms with van der Waals surface area (Å²) >= 11 is 0. The van der Waals surface area contributed by atoms with Crippen molar-refractivity contribution in [3.63, 3.8) is 0 Å². The van der Waals surface area contributed by atoms with E-state index in [-0.39, 0.29) is 5.56 Å². The molecule has 1 aliphatic heterocycles. The Morgan fingerprint density at radius 1 is 1.53 bits per heavy atom. The SMILES string of the molecule is CC1(O)CCN(c2c(N)cccc2C(=O)O)C1. The molecule has 92 valence electrons. The average Bonchev–Trinajstić information content (AvgIpc) is 2.58. The van der Waals surface area contributed by atoms with Gasteiger partial charge in [0.15, 0.2) is 0 Å². The van der Waals surface area contributed by atoms with Crippen LogP contribution in [0.5, 0.6) is 0 Å². The number of carboxylic acid groups (broad SMARTS) is 1. The summed E-state index contributed by atoms with van der Waals surface area (Å²) in [6, 6.07) is 4.83. The maximum absolute atomic E-state index is 11.1. The number of nitrogen functional groups attached to an aromatic ring is 1. The topological polar surface area (TPSA) is 86.8 Å². The van der Waals surface area contributed by atoms with Crippen LogP contribution in [0, 0.1) is 0 Å². The predicted octanol–water partition coefficient (Wildman–Crippen LogP) is 0.928. The molecule has 1 saturated heterocycles. The minimum absolute atomic E-state index is 0.183. The smallest absolute Gasteiger partial charge is 0.337 e. The molecule has 4 N–H and O–H groups in total. The highest BCUT2D eigenvalue weighted by Crippen LogP contribution is 2.33. The molecular weight excluding hydrogens is 220 g/mol. The fourth-order valence-corrected chi connectivity index (χ4v) is 2.22. The molecule has 1 fully saturated rings. The van der Waals surface area contributed by atoms with Crippen LogP contribution >= 0.6 is 0 Å². The van der Waals surface area contributed by atoms with E-state index >= 15 is 0 Å². The highest BCUT2D eigenvalue weighted by atomic mass is 16.4. The summed E-state index contributed by atoms with van der Waals surface area (Å²) in [6.07, 6.45) is 0.612. The highest BCUT2D eigenvalue weighted by molar-refractivity contribution is 5.98. The van der Waals surface area contributed by atoms with Gasteiger partial charge in [-0.2, -0.15) is 0 Å². The quantitative estimate of drug-likeness (QED) is 0.665. The fraction of sp³-hybridized carbons (Fsp3) is 0.417. The first-order chi connectivity index (χ1) is 7.91. The summed E-state index contributed by atoms with van der Waals surface area (Å²) in [6.45, 7) is 2.76. The summed E-state index contributed by atoms with van der Waals surface area (Å²) in [4.78, 5) is 13.0. The van der Waals surface area contributed by atoms with Crippen LogP contribution in [0.2, 0.25) is 0 Å². The van der Waals surface area contributed by atoms with Gasteiger partial charge in [0.25, 0.3) is 0 Å². The summed E-state index contributed by atoms with van der Waals surface area (Å²) in [5, 5.41) is 19.1. The number of nitrogens with two attached hydrogens (primary N) is 1. The number of rotatable bonds is 2. The lowest BCUT2D eigenvalue weighted by Gasteiger charge is -2.23. The summed E-state index contributed by atoms with van der Waals surface area (Å²) in [5.74, 6) is -1.00. The van der Waals surface area contributed by atoms with Crippen molar-refractivity contribution in [2.45, 2.75) is 18.9 Å². The molecule has 17 heavy (non-hydrogen) atoms. The maximum atomic E-state index is 11.1. The van der Waals surface area contributed by atoms with Crippen LogP contribution in [0.15, 0.2) is 18.2 Å². The largest absolute Gasteiger partial charge is 0.478 e. The van der Waals surface area contributed by atoms with Crippen molar-refractivity contribution in [2.75, 3.05) is 23.7 Å². The number of carboxylic acids is 1. The Bertz CT molecular complexity index is 457. The molecule has 0 aromatic heterocycles. The highest BCUT2D eigenvalue weighted by Gasteiger charge is 2.33. The molecule has 1 aliphatic rings. The standard InChI is InChI=1S/C12H16N2O3/c1-12(17)5-6-14(7-12)10-8(11(15)16)3-2-4-9(10)13/h2-4,17H,5-7,13H2,1H3,(H,15,16). The zero-order valence-electron chi connectivity index (χ0n) is 9.68. The number of hydrogen-bond acceptors (Lipinski definition) is 4. The first-order valence-electron chi connectivity index (χ1n) is 5.50. The lowest BCUT2D eigenvalue weighted by Crippen LogP contribution is -2.30. The summed E-state index contributed by atoms with van der Waals surface area (Å²) in [7, 11) is 0. The van der Waals surface area contributed by atoms with Gasteiger partial charge < -0.3 is 20.8 Å². The zero-order chi connectivity index (χ0) is 12.6. The third-order valence-corrected chi connectivity index (χ3v) is 3.07. The third kappa shape index (κ3) is 2.19. The molecule has 0 saturated carbocycles. The van der Waals surface area contributed by atoms with Gasteiger partial charge in [0.2, 0.25) is 0 Å². The Morgan fingerprint density at radius 3 is 2.76 bits per heavy atom. The van der Waals surface area contributed by atoms with Crippen LogP contribution in [-0.2, 0) is 0 Å². The number of aromatic carboxylic acids is 1. The Kier molecular flexibility index (Phi) is 2.71. The number of β-amino-alcohol motifs (C(OH)–C–C–N with tert-alkyl or cyclic N) is 1. The average molecular weight is 236 g/mol. The molecule has 1 heterocycles. The number of nitrogens with zero attached hydrogens (tertiary/aromatic N) is 1. The van der Waals surface area contributed by atoms with Crippen LogP contribution in [0.3, 0.4) is 0 Å². The Balaban J connectivity index is 2.42. The van der Waals surface area contributed by atoms with Crippen molar-refractivity contribution in [1.29, 1.82) is 0 Å². The van der Waals surface area contributed by atoms with E-state index in [2.05, 4.69) is 0 Å². The van der Waals surface area contributed by atoms with Gasteiger partial charge >= 0.3 is 5.97 Å². The predicted molar refractivity (Wildman–Crippen MR) is 65.3 cm³/mol. The molecule has 0 bridgehead atoms. The van der Waals surface area contributed by atoms with Gasteiger partial charge in [-0.3, -0.25) is 0 Å². The van der Waals surface area contributed by atoms with E-state index in [1.54, 1.807) is 19.1 Å². The Morgan fingerprint density at radius 2 is 2.24 bits per heavy atom. The Labute approximate surface area is 99.5 Å². The molecule has 0 amide bonds. The van der Waals surface area contributed by atoms with Gasteiger partial charge in [-0.1, -0.05) is 6.07 Å². The fourth-order valence-electron chi connectivity index (χ4n) is 2.22. The number of hydrogen-bond donors (Lipinski definition) is 3. The van der Waals surface area contributed by atoms with Crippen LogP contribution in [0.4, 0.5) is 11.4 Å². The first-order valence-corrected chi connectivity index (χ1v) is 5.50. The number of carbonyl (C=O) groups is 1. The van der Waals surface area contributed by atoms with E-state index in [1.807, 2.05) is 4.90 Å². The molecule has 1 atom stereocenters. The second-order valence-corrected chi connectivity index (χ2v) is 4.72. The zero-order valence-corrected chi connectivity index (χ0v) is 9.68. The normalized spacial score (nSPS) is 24.0. The van der Waals surface area contributed by atoms with Gasteiger partial charge in [-0.15, -0.1) is 0 Å². The molecule has 0 radical (unpaired) electrons. The van der Waals surface area contributed by atoms with Gasteiger partial charge in [-0.05, 0) is 25.5 Å². The Hall–Kier alpha value is -1.75. The molecule has 5 heteroatoms. The van der Waals surface area contributed by atoms with E-state index in [1.165, 1.54) is 6.07 Å². The molecule has 0 aliphatic carbocycles. The van der Waals surface area contributed by atoms with Gasteiger partial charge in [0, 0.05) is 13.1 Å². The van der Waals surface area contributed by atoms with Crippen LogP contribution in [-0.4, -0.2) is 34.9 Å². The van der Waals surface area contributed by atoms with E-state index in [4.69, 9.17) is 10.8 Å². The van der Waals surface area contributed by atoms with Crippen LogP contribution in [0.25, 0.3) is 0 Å². The van der Waals surface area contributed by atoms with Gasteiger partial charge in [-0.25, -0.2) is 4.79 Å². The van der Waals surface area contributed by atoms with Crippen molar-refractivity contribution >= 4 is 17.3 Å². The van der Waals surface area contributed by atoms with E-state index in [0.29, 0.717) is 30.9 Å². The number of aliphatic hydroxyl groups is 1. The second-order valence-electron chi connectivity index (χ2n) is 4.72. The van der Waals surface area contributed by atoms with Crippen molar-refractivity contribution in [1.82, 2.24) is 0 Å². The van der Waals surface area contributed by atoms with Crippen LogP contribution < -0.4 is 10.6 Å². The second kappa shape index (κ2) is 3.92. The van der Waals surface area contributed by atoms with E-state index in [0.717, 1.165) is 0 Å². The first kappa shape index (κ1) is 11.7. The minimum atomic E-state index is -1.00. The molecule has 1 aromatic carbocycles. The number of anilines is 2. The lowest BCUT2D eigenvalue weighted by atomic mass is 10.1. The molecule has 2 rings (SSSR count). The van der Waals surface area contributed by atoms with Crippen LogP contribution in [0.1, 0.15) is 23.7 Å². The summed E-state index contributed by atoms with van der Waals surface area (Å²) < 4.78 is 0. The number of benzene rings is 1. The monoisotopic (exact) mass is 236 g/mol. The maximum Gasteiger partial charge on any atom is 0.337 e. The lowest BCUT2D eigenvalue weighted by molar-refractivity contribution is 0.0695. The van der Waals surface area contributed by atoms with E-state index < -0.39 is 11.6 Å². The summed E-state index contributed by atoms with van der Waals surface area (Å²) in [5.41, 5.74) is 6.19. The van der Waals surface area contributed by atoms with Crippen molar-refractivity contribution in [2.24, 2.45) is 0 Å². The third-order valence-electron chi connectivity index (χ3n) is 3.07. The molecule has 1 aromatic rings. The molecule has 1 unspecified atom stereocenters. The molecular formula is C12H16N2O3. The number of para-hydroxylation sites is 1. The van der Waals surface area contributed by atoms with Crippen molar-refractivity contribution in [3.05, 3.63) is 23.8 Å². The molecule has 5 nitrogen and oxygen atoms in total. The van der Waals surface area contributed by atoms with Crippen molar-refractivity contribution in [3.8, 4) is 0 Å².